The lowest BCUT2D eigenvalue weighted by Crippen LogP contribution is -2.44. The molecule has 0 saturated carbocycles. The van der Waals surface area contributed by atoms with Gasteiger partial charge in [-0.25, -0.2) is 4.39 Å². The molecule has 0 aromatic heterocycles. The molecule has 3 rings (SSSR count). The second-order valence-corrected chi connectivity index (χ2v) is 6.96. The second-order valence-electron chi connectivity index (χ2n) is 5.28. The zero-order valence-corrected chi connectivity index (χ0v) is 15.1. The summed E-state index contributed by atoms with van der Waals surface area (Å²) in [5.41, 5.74) is 2.53. The summed E-state index contributed by atoms with van der Waals surface area (Å²) in [4.78, 5) is 35.0. The highest BCUT2D eigenvalue weighted by atomic mass is 32.2. The van der Waals surface area contributed by atoms with Crippen LogP contribution in [0.25, 0.3) is 6.08 Å². The Morgan fingerprint density at radius 3 is 2.52 bits per heavy atom. The first-order chi connectivity index (χ1) is 12.9. The van der Waals surface area contributed by atoms with E-state index in [1.54, 1.807) is 6.07 Å². The number of benzene rings is 2. The number of hydrazine groups is 1. The van der Waals surface area contributed by atoms with E-state index in [2.05, 4.69) is 5.43 Å². The molecule has 27 heavy (non-hydrogen) atoms. The third kappa shape index (κ3) is 4.01. The maximum absolute atomic E-state index is 13.8. The number of nitro benzene ring substituents is 1. The molecule has 2 aromatic rings. The van der Waals surface area contributed by atoms with Gasteiger partial charge in [-0.2, -0.15) is 5.01 Å². The van der Waals surface area contributed by atoms with Crippen LogP contribution >= 0.6 is 24.0 Å². The summed E-state index contributed by atoms with van der Waals surface area (Å²) in [6.07, 6.45) is 1.35. The molecule has 0 spiro atoms. The van der Waals surface area contributed by atoms with Crippen molar-refractivity contribution in [1.29, 1.82) is 0 Å². The molecule has 7 nitrogen and oxygen atoms in total. The van der Waals surface area contributed by atoms with Gasteiger partial charge in [0.05, 0.1) is 9.83 Å². The minimum atomic E-state index is -0.659. The van der Waals surface area contributed by atoms with Crippen LogP contribution in [0.3, 0.4) is 0 Å². The number of non-ortho nitro benzene ring substituents is 1. The van der Waals surface area contributed by atoms with Gasteiger partial charge in [0.25, 0.3) is 17.5 Å². The van der Waals surface area contributed by atoms with Gasteiger partial charge in [0.1, 0.15) is 5.82 Å². The summed E-state index contributed by atoms with van der Waals surface area (Å²) < 4.78 is 13.8. The fourth-order valence-corrected chi connectivity index (χ4v) is 3.37. The zero-order chi connectivity index (χ0) is 19.6. The minimum absolute atomic E-state index is 0.0813. The van der Waals surface area contributed by atoms with Crippen molar-refractivity contribution in [3.63, 3.8) is 0 Å². The van der Waals surface area contributed by atoms with E-state index in [-0.39, 0.29) is 26.0 Å². The molecule has 2 aromatic carbocycles. The number of nitro groups is 1. The van der Waals surface area contributed by atoms with Crippen molar-refractivity contribution in [2.24, 2.45) is 0 Å². The Balaban J connectivity index is 1.76. The fraction of sp³-hybridized carbons (Fsp3) is 0. The number of carbonyl (C=O) groups is 2. The van der Waals surface area contributed by atoms with Gasteiger partial charge in [-0.1, -0.05) is 30.0 Å². The summed E-state index contributed by atoms with van der Waals surface area (Å²) in [7, 11) is 0. The molecule has 10 heteroatoms. The van der Waals surface area contributed by atoms with Gasteiger partial charge in [0.15, 0.2) is 4.32 Å². The van der Waals surface area contributed by atoms with Crippen molar-refractivity contribution in [3.8, 4) is 0 Å². The van der Waals surface area contributed by atoms with E-state index in [1.165, 1.54) is 48.5 Å². The number of hydrogen-bond donors (Lipinski definition) is 1. The van der Waals surface area contributed by atoms with Crippen LogP contribution in [0.5, 0.6) is 0 Å². The first-order valence-electron chi connectivity index (χ1n) is 7.45. The molecule has 2 amide bonds. The van der Waals surface area contributed by atoms with Gasteiger partial charge >= 0.3 is 0 Å². The van der Waals surface area contributed by atoms with Gasteiger partial charge in [-0.15, -0.1) is 0 Å². The maximum Gasteiger partial charge on any atom is 0.285 e. The van der Waals surface area contributed by atoms with Crippen molar-refractivity contribution in [1.82, 2.24) is 10.4 Å². The summed E-state index contributed by atoms with van der Waals surface area (Å²) in [6.45, 7) is 0. The Morgan fingerprint density at radius 2 is 1.89 bits per heavy atom. The molecule has 0 aliphatic carbocycles. The zero-order valence-electron chi connectivity index (χ0n) is 13.4. The van der Waals surface area contributed by atoms with Gasteiger partial charge in [-0.05, 0) is 36.5 Å². The Kier molecular flexibility index (Phi) is 5.28. The number of hydrogen-bond acceptors (Lipinski definition) is 6. The van der Waals surface area contributed by atoms with Crippen LogP contribution in [0.15, 0.2) is 53.4 Å². The second kappa shape index (κ2) is 7.64. The largest absolute Gasteiger partial charge is 0.285 e. The molecule has 1 aliphatic heterocycles. The molecular formula is C17H10FN3O4S2. The van der Waals surface area contributed by atoms with E-state index < -0.39 is 22.6 Å². The van der Waals surface area contributed by atoms with E-state index in [4.69, 9.17) is 12.2 Å². The third-order valence-corrected chi connectivity index (χ3v) is 4.84. The Labute approximate surface area is 162 Å². The van der Waals surface area contributed by atoms with E-state index in [0.717, 1.165) is 16.8 Å². The predicted molar refractivity (Wildman–Crippen MR) is 102 cm³/mol. The number of nitrogens with zero attached hydrogens (tertiary/aromatic N) is 2. The number of thiocarbonyl (C=S) groups is 1. The van der Waals surface area contributed by atoms with Gasteiger partial charge in [0.2, 0.25) is 0 Å². The van der Waals surface area contributed by atoms with Crippen molar-refractivity contribution < 1.29 is 18.9 Å². The highest BCUT2D eigenvalue weighted by Crippen LogP contribution is 2.31. The summed E-state index contributed by atoms with van der Waals surface area (Å²) >= 11 is 6.02. The quantitative estimate of drug-likeness (QED) is 0.365. The van der Waals surface area contributed by atoms with Crippen LogP contribution in [-0.2, 0) is 4.79 Å². The van der Waals surface area contributed by atoms with Crippen LogP contribution in [0.4, 0.5) is 10.1 Å². The average molecular weight is 403 g/mol. The summed E-state index contributed by atoms with van der Waals surface area (Å²) in [5.74, 6) is -1.74. The topological polar surface area (TPSA) is 92.6 Å². The first kappa shape index (κ1) is 18.7. The van der Waals surface area contributed by atoms with Crippen molar-refractivity contribution >= 4 is 51.9 Å². The predicted octanol–water partition coefficient (Wildman–Crippen LogP) is 3.28. The SMILES string of the molecule is O=C(NN1C(=O)/C(=C\c2ccccc2F)SC1=S)c1ccc([N+](=O)[O-])cc1. The van der Waals surface area contributed by atoms with Crippen molar-refractivity contribution in [2.45, 2.75) is 0 Å². The molecule has 0 radical (unpaired) electrons. The third-order valence-electron chi connectivity index (χ3n) is 3.54. The number of nitrogens with one attached hydrogen (secondary N) is 1. The Hall–Kier alpha value is -3.11. The number of carbonyl (C=O) groups excluding carboxylic acids is 2. The summed E-state index contributed by atoms with van der Waals surface area (Å²) in [6, 6.07) is 10.8. The lowest BCUT2D eigenvalue weighted by molar-refractivity contribution is -0.384. The molecule has 1 N–H and O–H groups in total. The van der Waals surface area contributed by atoms with E-state index in [9.17, 15) is 24.1 Å². The lowest BCUT2D eigenvalue weighted by atomic mass is 10.2. The molecule has 0 bridgehead atoms. The monoisotopic (exact) mass is 403 g/mol. The first-order valence-corrected chi connectivity index (χ1v) is 8.67. The normalized spacial score (nSPS) is 15.3. The van der Waals surface area contributed by atoms with Crippen molar-refractivity contribution in [2.75, 3.05) is 0 Å². The molecule has 1 aliphatic rings. The maximum atomic E-state index is 13.8. The van der Waals surface area contributed by atoms with Crippen LogP contribution < -0.4 is 5.43 Å². The molecule has 136 valence electrons. The smallest absolute Gasteiger partial charge is 0.267 e. The van der Waals surface area contributed by atoms with Crippen LogP contribution in [0.2, 0.25) is 0 Å². The van der Waals surface area contributed by atoms with Crippen LogP contribution in [-0.4, -0.2) is 26.1 Å². The average Bonchev–Trinajstić information content (AvgIpc) is 2.91. The highest BCUT2D eigenvalue weighted by molar-refractivity contribution is 8.26. The van der Waals surface area contributed by atoms with E-state index >= 15 is 0 Å². The van der Waals surface area contributed by atoms with E-state index in [1.807, 2.05) is 0 Å². The number of rotatable bonds is 4. The van der Waals surface area contributed by atoms with Crippen LogP contribution in [0.1, 0.15) is 15.9 Å². The Bertz CT molecular complexity index is 992. The van der Waals surface area contributed by atoms with Crippen molar-refractivity contribution in [3.05, 3.63) is 80.5 Å². The molecule has 0 atom stereocenters. The fourth-order valence-electron chi connectivity index (χ4n) is 2.20. The molecule has 1 fully saturated rings. The lowest BCUT2D eigenvalue weighted by Gasteiger charge is -2.15. The molecule has 1 saturated heterocycles. The van der Waals surface area contributed by atoms with Gasteiger partial charge < -0.3 is 0 Å². The van der Waals surface area contributed by atoms with Gasteiger partial charge in [-0.3, -0.25) is 25.1 Å². The molecular weight excluding hydrogens is 393 g/mol. The van der Waals surface area contributed by atoms with Gasteiger partial charge in [0, 0.05) is 23.3 Å². The standard InChI is InChI=1S/C17H10FN3O4S2/c18-13-4-2-1-3-11(13)9-14-16(23)20(17(26)27-14)19-15(22)10-5-7-12(8-6-10)21(24)25/h1-9H,(H,19,22)/b14-9+. The Morgan fingerprint density at radius 1 is 1.22 bits per heavy atom. The summed E-state index contributed by atoms with van der Waals surface area (Å²) in [5, 5.41) is 11.5. The van der Waals surface area contributed by atoms with E-state index in [0.29, 0.717) is 0 Å². The molecule has 1 heterocycles. The number of amides is 2. The number of thioether (sulfide) groups is 1. The number of halogens is 1. The minimum Gasteiger partial charge on any atom is -0.267 e. The molecule has 0 unspecified atom stereocenters. The van der Waals surface area contributed by atoms with Crippen LogP contribution in [0, 0.1) is 15.9 Å². The highest BCUT2D eigenvalue weighted by Gasteiger charge is 2.34.